The fourth-order valence-electron chi connectivity index (χ4n) is 4.33. The predicted molar refractivity (Wildman–Crippen MR) is 111 cm³/mol. The van der Waals surface area contributed by atoms with Crippen molar-refractivity contribution in [1.29, 1.82) is 0 Å². The van der Waals surface area contributed by atoms with Crippen molar-refractivity contribution < 1.29 is 0 Å². The molecule has 1 heterocycles. The van der Waals surface area contributed by atoms with Gasteiger partial charge in [-0.2, -0.15) is 0 Å². The van der Waals surface area contributed by atoms with Crippen LogP contribution in [0.1, 0.15) is 25.0 Å². The summed E-state index contributed by atoms with van der Waals surface area (Å²) in [5.41, 5.74) is 6.49. The lowest BCUT2D eigenvalue weighted by Crippen LogP contribution is -2.30. The van der Waals surface area contributed by atoms with E-state index in [-0.39, 0.29) is 5.41 Å². The minimum atomic E-state index is -0.0196. The highest BCUT2D eigenvalue weighted by atomic mass is 15.2. The Balaban J connectivity index is 1.88. The zero-order chi connectivity index (χ0) is 17.7. The van der Waals surface area contributed by atoms with Crippen LogP contribution in [0.5, 0.6) is 0 Å². The zero-order valence-electron chi connectivity index (χ0n) is 15.1. The number of fused-ring (bicyclic) bond motifs is 3. The maximum atomic E-state index is 2.43. The lowest BCUT2D eigenvalue weighted by molar-refractivity contribution is 0.632. The summed E-state index contributed by atoms with van der Waals surface area (Å²) in [6.07, 6.45) is 0. The molecule has 0 saturated carbocycles. The predicted octanol–water partition coefficient (Wildman–Crippen LogP) is 6.95. The molecule has 0 aliphatic carbocycles. The lowest BCUT2D eigenvalue weighted by atomic mass is 9.73. The molecule has 1 heteroatoms. The van der Waals surface area contributed by atoms with Crippen LogP contribution in [0, 0.1) is 0 Å². The number of anilines is 3. The highest BCUT2D eigenvalue weighted by Crippen LogP contribution is 2.52. The second-order valence-corrected chi connectivity index (χ2v) is 7.49. The smallest absolute Gasteiger partial charge is 0.0540 e. The third-order valence-corrected chi connectivity index (χ3v) is 5.64. The molecule has 0 radical (unpaired) electrons. The van der Waals surface area contributed by atoms with Gasteiger partial charge in [0.05, 0.1) is 17.1 Å². The van der Waals surface area contributed by atoms with Crippen LogP contribution in [0.25, 0.3) is 10.8 Å². The molecule has 0 aromatic heterocycles. The molecule has 1 aliphatic heterocycles. The number of hydrogen-bond acceptors (Lipinski definition) is 1. The number of nitrogens with zero attached hydrogens (tertiary/aromatic N) is 1. The molecule has 0 fully saturated rings. The van der Waals surface area contributed by atoms with Crippen LogP contribution in [0.4, 0.5) is 17.1 Å². The Morgan fingerprint density at radius 2 is 1.04 bits per heavy atom. The van der Waals surface area contributed by atoms with Gasteiger partial charge in [0.15, 0.2) is 0 Å². The molecular weight excluding hydrogens is 314 g/mol. The van der Waals surface area contributed by atoms with Gasteiger partial charge in [0.1, 0.15) is 0 Å². The van der Waals surface area contributed by atoms with Gasteiger partial charge >= 0.3 is 0 Å². The Morgan fingerprint density at radius 3 is 1.73 bits per heavy atom. The average Bonchev–Trinajstić information content (AvgIpc) is 2.69. The largest absolute Gasteiger partial charge is 0.309 e. The normalized spacial score (nSPS) is 14.8. The first kappa shape index (κ1) is 15.2. The van der Waals surface area contributed by atoms with E-state index < -0.39 is 0 Å². The van der Waals surface area contributed by atoms with E-state index in [2.05, 4.69) is 110 Å². The highest BCUT2D eigenvalue weighted by Gasteiger charge is 2.36. The second-order valence-electron chi connectivity index (χ2n) is 7.49. The molecule has 5 rings (SSSR count). The molecule has 126 valence electrons. The summed E-state index contributed by atoms with van der Waals surface area (Å²) in [6, 6.07) is 32.8. The zero-order valence-corrected chi connectivity index (χ0v) is 15.1. The Labute approximate surface area is 154 Å². The van der Waals surface area contributed by atoms with Gasteiger partial charge in [-0.25, -0.2) is 0 Å². The molecule has 4 aromatic carbocycles. The van der Waals surface area contributed by atoms with Crippen LogP contribution in [-0.4, -0.2) is 0 Å². The van der Waals surface area contributed by atoms with E-state index in [4.69, 9.17) is 0 Å². The number of hydrogen-bond donors (Lipinski definition) is 0. The van der Waals surface area contributed by atoms with Crippen LogP contribution in [-0.2, 0) is 5.41 Å². The van der Waals surface area contributed by atoms with E-state index in [0.29, 0.717) is 0 Å². The Kier molecular flexibility index (Phi) is 3.20. The molecule has 0 spiro atoms. The first-order chi connectivity index (χ1) is 12.7. The van der Waals surface area contributed by atoms with Crippen molar-refractivity contribution in [3.05, 3.63) is 102 Å². The van der Waals surface area contributed by atoms with E-state index in [1.807, 2.05) is 0 Å². The quantitative estimate of drug-likeness (QED) is 0.364. The van der Waals surface area contributed by atoms with Crippen molar-refractivity contribution in [3.63, 3.8) is 0 Å². The molecule has 0 atom stereocenters. The van der Waals surface area contributed by atoms with E-state index in [1.165, 1.54) is 39.0 Å². The van der Waals surface area contributed by atoms with Crippen molar-refractivity contribution in [2.24, 2.45) is 0 Å². The first-order valence-corrected chi connectivity index (χ1v) is 9.15. The van der Waals surface area contributed by atoms with Gasteiger partial charge in [-0.1, -0.05) is 86.6 Å². The molecule has 0 amide bonds. The van der Waals surface area contributed by atoms with Gasteiger partial charge in [-0.3, -0.25) is 0 Å². The molecule has 26 heavy (non-hydrogen) atoms. The van der Waals surface area contributed by atoms with E-state index in [1.54, 1.807) is 0 Å². The Hall–Kier alpha value is -3.06. The highest BCUT2D eigenvalue weighted by molar-refractivity contribution is 6.00. The van der Waals surface area contributed by atoms with Gasteiger partial charge in [0.2, 0.25) is 0 Å². The van der Waals surface area contributed by atoms with E-state index >= 15 is 0 Å². The van der Waals surface area contributed by atoms with E-state index in [9.17, 15) is 0 Å². The molecule has 0 unspecified atom stereocenters. The van der Waals surface area contributed by atoms with Gasteiger partial charge < -0.3 is 4.90 Å². The molecule has 0 N–H and O–H groups in total. The van der Waals surface area contributed by atoms with Crippen molar-refractivity contribution in [3.8, 4) is 0 Å². The standard InChI is InChI=1S/C25H21N/c1-25(2)20-13-5-7-15-23(20)26(24-16-8-6-14-21(24)25)22-17-9-11-18-10-3-4-12-19(18)22/h3-17H,1-2H3. The minimum Gasteiger partial charge on any atom is -0.309 e. The number of para-hydroxylation sites is 2. The molecule has 4 aromatic rings. The van der Waals surface area contributed by atoms with Crippen LogP contribution in [0.2, 0.25) is 0 Å². The number of rotatable bonds is 1. The molecule has 1 nitrogen and oxygen atoms in total. The van der Waals surface area contributed by atoms with Gasteiger partial charge in [0, 0.05) is 10.8 Å². The molecule has 1 aliphatic rings. The van der Waals surface area contributed by atoms with Crippen molar-refractivity contribution in [2.45, 2.75) is 19.3 Å². The fraction of sp³-hybridized carbons (Fsp3) is 0.120. The van der Waals surface area contributed by atoms with Crippen LogP contribution >= 0.6 is 0 Å². The van der Waals surface area contributed by atoms with E-state index in [0.717, 1.165) is 0 Å². The summed E-state index contributed by atoms with van der Waals surface area (Å²) < 4.78 is 0. The van der Waals surface area contributed by atoms with Crippen LogP contribution in [0.15, 0.2) is 91.0 Å². The van der Waals surface area contributed by atoms with Crippen molar-refractivity contribution in [1.82, 2.24) is 0 Å². The van der Waals surface area contributed by atoms with Crippen molar-refractivity contribution in [2.75, 3.05) is 4.90 Å². The third kappa shape index (κ3) is 2.04. The van der Waals surface area contributed by atoms with Crippen LogP contribution < -0.4 is 4.90 Å². The van der Waals surface area contributed by atoms with Gasteiger partial charge in [-0.15, -0.1) is 0 Å². The summed E-state index contributed by atoms with van der Waals surface area (Å²) in [5, 5.41) is 2.55. The summed E-state index contributed by atoms with van der Waals surface area (Å²) in [4.78, 5) is 2.43. The Bertz CT molecular complexity index is 1070. The fourth-order valence-corrected chi connectivity index (χ4v) is 4.33. The SMILES string of the molecule is CC1(C)c2ccccc2N(c2cccc3ccccc23)c2ccccc21. The van der Waals surface area contributed by atoms with Crippen LogP contribution in [0.3, 0.4) is 0 Å². The Morgan fingerprint density at radius 1 is 0.538 bits per heavy atom. The average molecular weight is 335 g/mol. The summed E-state index contributed by atoms with van der Waals surface area (Å²) in [6.45, 7) is 4.65. The van der Waals surface area contributed by atoms with Crippen molar-refractivity contribution >= 4 is 27.8 Å². The number of benzene rings is 4. The third-order valence-electron chi connectivity index (χ3n) is 5.64. The summed E-state index contributed by atoms with van der Waals surface area (Å²) >= 11 is 0. The first-order valence-electron chi connectivity index (χ1n) is 9.15. The molecular formula is C25H21N. The molecule has 0 saturated heterocycles. The summed E-state index contributed by atoms with van der Waals surface area (Å²) in [5.74, 6) is 0. The maximum Gasteiger partial charge on any atom is 0.0540 e. The summed E-state index contributed by atoms with van der Waals surface area (Å²) in [7, 11) is 0. The molecule has 0 bridgehead atoms. The van der Waals surface area contributed by atoms with Gasteiger partial charge in [0.25, 0.3) is 0 Å². The minimum absolute atomic E-state index is 0.0196. The monoisotopic (exact) mass is 335 g/mol. The maximum absolute atomic E-state index is 2.43. The van der Waals surface area contributed by atoms with Gasteiger partial charge in [-0.05, 0) is 34.7 Å². The topological polar surface area (TPSA) is 3.24 Å². The lowest BCUT2D eigenvalue weighted by Gasteiger charge is -2.42. The second kappa shape index (κ2) is 5.47.